The lowest BCUT2D eigenvalue weighted by atomic mass is 10.2. The summed E-state index contributed by atoms with van der Waals surface area (Å²) in [7, 11) is -3.61. The number of carbonyl (C=O) groups is 1. The number of aryl methyl sites for hydroxylation is 1. The summed E-state index contributed by atoms with van der Waals surface area (Å²) in [6.07, 6.45) is 4.37. The van der Waals surface area contributed by atoms with Crippen LogP contribution < -0.4 is 14.5 Å². The Morgan fingerprint density at radius 1 is 1.17 bits per heavy atom. The molecule has 2 saturated heterocycles. The maximum absolute atomic E-state index is 12.7. The number of sulfonamides is 1. The van der Waals surface area contributed by atoms with Crippen LogP contribution in [0.4, 0.5) is 10.8 Å². The van der Waals surface area contributed by atoms with Crippen LogP contribution in [0.25, 0.3) is 0 Å². The summed E-state index contributed by atoms with van der Waals surface area (Å²) in [5, 5.41) is 3.04. The van der Waals surface area contributed by atoms with E-state index in [-0.39, 0.29) is 10.8 Å². The van der Waals surface area contributed by atoms with Crippen LogP contribution in [0.1, 0.15) is 36.9 Å². The second-order valence-electron chi connectivity index (χ2n) is 7.56. The summed E-state index contributed by atoms with van der Waals surface area (Å²) < 4.78 is 28.2. The highest BCUT2D eigenvalue weighted by Gasteiger charge is 2.24. The van der Waals surface area contributed by atoms with E-state index in [4.69, 9.17) is 0 Å². The fraction of sp³-hybridized carbons (Fsp3) is 0.500. The van der Waals surface area contributed by atoms with Gasteiger partial charge in [0, 0.05) is 50.1 Å². The zero-order valence-corrected chi connectivity index (χ0v) is 18.2. The zero-order valence-electron chi connectivity index (χ0n) is 16.6. The molecule has 29 heavy (non-hydrogen) atoms. The van der Waals surface area contributed by atoms with E-state index >= 15 is 0 Å². The van der Waals surface area contributed by atoms with E-state index in [1.165, 1.54) is 12.8 Å². The van der Waals surface area contributed by atoms with E-state index in [1.54, 1.807) is 41.4 Å². The van der Waals surface area contributed by atoms with Gasteiger partial charge in [-0.2, -0.15) is 0 Å². The second-order valence-corrected chi connectivity index (χ2v) is 10.1. The molecule has 156 valence electrons. The maximum atomic E-state index is 12.7. The molecule has 2 aliphatic rings. The molecule has 0 radical (unpaired) electrons. The highest BCUT2D eigenvalue weighted by atomic mass is 32.2. The van der Waals surface area contributed by atoms with Crippen molar-refractivity contribution >= 4 is 38.1 Å². The zero-order chi connectivity index (χ0) is 20.4. The topological polar surface area (TPSA) is 82.6 Å². The fourth-order valence-corrected chi connectivity index (χ4v) is 6.05. The standard InChI is InChI=1S/C20H26N4O3S2/c1-15-13-17(24-12-4-5-19(24)25)6-7-18(15)29(26,27)21-9-8-16-14-28-20(22-16)23-10-2-3-11-23/h6-7,13-14,21H,2-5,8-12H2,1H3. The van der Waals surface area contributed by atoms with Gasteiger partial charge < -0.3 is 9.80 Å². The summed E-state index contributed by atoms with van der Waals surface area (Å²) in [6, 6.07) is 5.08. The van der Waals surface area contributed by atoms with E-state index in [9.17, 15) is 13.2 Å². The van der Waals surface area contributed by atoms with Gasteiger partial charge in [0.05, 0.1) is 10.6 Å². The summed E-state index contributed by atoms with van der Waals surface area (Å²) in [5.41, 5.74) is 2.32. The van der Waals surface area contributed by atoms with E-state index in [1.807, 2.05) is 5.38 Å². The Morgan fingerprint density at radius 3 is 2.66 bits per heavy atom. The molecule has 0 aliphatic carbocycles. The molecule has 1 aromatic heterocycles. The summed E-state index contributed by atoms with van der Waals surface area (Å²) in [6.45, 7) is 4.87. The predicted octanol–water partition coefficient (Wildman–Crippen LogP) is 2.70. The molecule has 0 unspecified atom stereocenters. The largest absolute Gasteiger partial charge is 0.348 e. The predicted molar refractivity (Wildman–Crippen MR) is 115 cm³/mol. The Balaban J connectivity index is 1.38. The first kappa shape index (κ1) is 20.3. The number of anilines is 2. The Bertz CT molecular complexity index is 997. The highest BCUT2D eigenvalue weighted by Crippen LogP contribution is 2.26. The van der Waals surface area contributed by atoms with Crippen LogP contribution in [0.3, 0.4) is 0 Å². The molecule has 2 aliphatic heterocycles. The lowest BCUT2D eigenvalue weighted by molar-refractivity contribution is -0.117. The van der Waals surface area contributed by atoms with Crippen LogP contribution in [-0.4, -0.2) is 45.5 Å². The molecule has 0 saturated carbocycles. The number of benzene rings is 1. The van der Waals surface area contributed by atoms with E-state index in [0.29, 0.717) is 31.5 Å². The molecule has 2 fully saturated rings. The molecule has 0 bridgehead atoms. The van der Waals surface area contributed by atoms with Crippen molar-refractivity contribution in [3.63, 3.8) is 0 Å². The van der Waals surface area contributed by atoms with E-state index in [2.05, 4.69) is 14.6 Å². The number of amides is 1. The van der Waals surface area contributed by atoms with Gasteiger partial charge in [0.15, 0.2) is 5.13 Å². The molecule has 4 rings (SSSR count). The van der Waals surface area contributed by atoms with E-state index in [0.717, 1.165) is 36.0 Å². The Hall–Kier alpha value is -1.97. The Kier molecular flexibility index (Phi) is 5.89. The molecule has 3 heterocycles. The summed E-state index contributed by atoms with van der Waals surface area (Å²) in [4.78, 5) is 20.8. The van der Waals surface area contributed by atoms with Crippen molar-refractivity contribution in [3.8, 4) is 0 Å². The first-order chi connectivity index (χ1) is 13.9. The average Bonchev–Trinajstić information content (AvgIpc) is 3.42. The molecule has 2 aromatic rings. The molecule has 0 spiro atoms. The summed E-state index contributed by atoms with van der Waals surface area (Å²) in [5.74, 6) is 0.0923. The van der Waals surface area contributed by atoms with Gasteiger partial charge in [-0.15, -0.1) is 11.3 Å². The Morgan fingerprint density at radius 2 is 1.97 bits per heavy atom. The minimum Gasteiger partial charge on any atom is -0.348 e. The fourth-order valence-electron chi connectivity index (χ4n) is 3.88. The van der Waals surface area contributed by atoms with Crippen LogP contribution in [0.5, 0.6) is 0 Å². The van der Waals surface area contributed by atoms with Gasteiger partial charge in [-0.25, -0.2) is 18.1 Å². The molecule has 0 atom stereocenters. The van der Waals surface area contributed by atoms with Crippen LogP contribution >= 0.6 is 11.3 Å². The van der Waals surface area contributed by atoms with Gasteiger partial charge in [-0.3, -0.25) is 4.79 Å². The number of nitrogens with one attached hydrogen (secondary N) is 1. The smallest absolute Gasteiger partial charge is 0.240 e. The minimum atomic E-state index is -3.61. The van der Waals surface area contributed by atoms with Crippen LogP contribution in [0.2, 0.25) is 0 Å². The number of hydrogen-bond acceptors (Lipinski definition) is 6. The van der Waals surface area contributed by atoms with Gasteiger partial charge in [0.2, 0.25) is 15.9 Å². The molecule has 7 nitrogen and oxygen atoms in total. The number of hydrogen-bond donors (Lipinski definition) is 1. The summed E-state index contributed by atoms with van der Waals surface area (Å²) >= 11 is 1.62. The normalized spacial score (nSPS) is 17.5. The first-order valence-electron chi connectivity index (χ1n) is 10.0. The number of nitrogens with zero attached hydrogens (tertiary/aromatic N) is 3. The molecular formula is C20H26N4O3S2. The second kappa shape index (κ2) is 8.41. The SMILES string of the molecule is Cc1cc(N2CCCC2=O)ccc1S(=O)(=O)NCCc1csc(N2CCCC2)n1. The van der Waals surface area contributed by atoms with E-state index < -0.39 is 10.0 Å². The minimum absolute atomic E-state index is 0.0923. The van der Waals surface area contributed by atoms with Crippen LogP contribution in [0.15, 0.2) is 28.5 Å². The van der Waals surface area contributed by atoms with Crippen molar-refractivity contribution in [1.29, 1.82) is 0 Å². The maximum Gasteiger partial charge on any atom is 0.240 e. The van der Waals surface area contributed by atoms with Gasteiger partial charge in [0.1, 0.15) is 0 Å². The van der Waals surface area contributed by atoms with Crippen molar-refractivity contribution in [1.82, 2.24) is 9.71 Å². The lowest BCUT2D eigenvalue weighted by Gasteiger charge is -2.17. The van der Waals surface area contributed by atoms with Gasteiger partial charge >= 0.3 is 0 Å². The number of rotatable bonds is 7. The van der Waals surface area contributed by atoms with Crippen molar-refractivity contribution in [2.75, 3.05) is 36.0 Å². The molecule has 1 aromatic carbocycles. The van der Waals surface area contributed by atoms with Crippen LogP contribution in [-0.2, 0) is 21.2 Å². The lowest BCUT2D eigenvalue weighted by Crippen LogP contribution is -2.27. The molecular weight excluding hydrogens is 408 g/mol. The molecule has 1 amide bonds. The third kappa shape index (κ3) is 4.46. The quantitative estimate of drug-likeness (QED) is 0.725. The molecule has 1 N–H and O–H groups in total. The van der Waals surface area contributed by atoms with Gasteiger partial charge in [-0.05, 0) is 49.9 Å². The van der Waals surface area contributed by atoms with Gasteiger partial charge in [0.25, 0.3) is 0 Å². The average molecular weight is 435 g/mol. The number of aromatic nitrogens is 1. The molecule has 9 heteroatoms. The third-order valence-corrected chi connectivity index (χ3v) is 7.99. The van der Waals surface area contributed by atoms with Gasteiger partial charge in [-0.1, -0.05) is 0 Å². The van der Waals surface area contributed by atoms with Crippen molar-refractivity contribution < 1.29 is 13.2 Å². The number of thiazole rings is 1. The van der Waals surface area contributed by atoms with Crippen molar-refractivity contribution in [2.24, 2.45) is 0 Å². The number of carbonyl (C=O) groups excluding carboxylic acids is 1. The third-order valence-electron chi connectivity index (χ3n) is 5.42. The van der Waals surface area contributed by atoms with Crippen molar-refractivity contribution in [3.05, 3.63) is 34.8 Å². The monoisotopic (exact) mass is 434 g/mol. The Labute approximate surface area is 175 Å². The first-order valence-corrected chi connectivity index (χ1v) is 12.4. The van der Waals surface area contributed by atoms with Crippen LogP contribution in [0, 0.1) is 6.92 Å². The van der Waals surface area contributed by atoms with Crippen molar-refractivity contribution in [2.45, 2.75) is 43.9 Å². The highest BCUT2D eigenvalue weighted by molar-refractivity contribution is 7.89.